The van der Waals surface area contributed by atoms with Crippen molar-refractivity contribution in [1.29, 1.82) is 0 Å². The third kappa shape index (κ3) is 23.9. The van der Waals surface area contributed by atoms with Gasteiger partial charge in [0.15, 0.2) is 5.78 Å². The van der Waals surface area contributed by atoms with Crippen LogP contribution >= 0.6 is 0 Å². The summed E-state index contributed by atoms with van der Waals surface area (Å²) in [5, 5.41) is 3.27. The van der Waals surface area contributed by atoms with Crippen molar-refractivity contribution in [3.05, 3.63) is 0 Å². The highest BCUT2D eigenvalue weighted by atomic mass is 16.6. The molecule has 1 N–H and O–H groups in total. The maximum absolute atomic E-state index is 10.9. The monoisotopic (exact) mass is 335 g/mol. The molecule has 6 heteroatoms. The molecule has 23 heavy (non-hydrogen) atoms. The van der Waals surface area contributed by atoms with Gasteiger partial charge in [0.25, 0.3) is 0 Å². The van der Waals surface area contributed by atoms with Crippen LogP contribution in [0.5, 0.6) is 0 Å². The van der Waals surface area contributed by atoms with Crippen LogP contribution in [0.15, 0.2) is 0 Å². The summed E-state index contributed by atoms with van der Waals surface area (Å²) in [5.41, 5.74) is 0. The number of carbonyl (C=O) groups excluding carboxylic acids is 1. The van der Waals surface area contributed by atoms with Crippen LogP contribution in [0.2, 0.25) is 0 Å². The number of rotatable bonds is 16. The van der Waals surface area contributed by atoms with E-state index in [-0.39, 0.29) is 12.4 Å². The van der Waals surface area contributed by atoms with Crippen molar-refractivity contribution in [1.82, 2.24) is 5.32 Å². The minimum atomic E-state index is 0.113. The van der Waals surface area contributed by atoms with Crippen LogP contribution in [0.3, 0.4) is 0 Å². The SMILES string of the molecule is CC.CCC(=O)COCCOCCOCCOCCNC(C)C. The lowest BCUT2D eigenvalue weighted by Crippen LogP contribution is -2.27. The lowest BCUT2D eigenvalue weighted by atomic mass is 10.3. The fraction of sp³-hybridized carbons (Fsp3) is 0.941. The first kappa shape index (κ1) is 24.7. The number of carbonyl (C=O) groups is 1. The van der Waals surface area contributed by atoms with Crippen molar-refractivity contribution in [3.8, 4) is 0 Å². The molecule has 0 amide bonds. The van der Waals surface area contributed by atoms with E-state index in [1.807, 2.05) is 20.8 Å². The predicted molar refractivity (Wildman–Crippen MR) is 93.1 cm³/mol. The van der Waals surface area contributed by atoms with Crippen molar-refractivity contribution in [2.24, 2.45) is 0 Å². The van der Waals surface area contributed by atoms with Crippen LogP contribution in [0.1, 0.15) is 41.0 Å². The molecule has 0 unspecified atom stereocenters. The minimum absolute atomic E-state index is 0.113. The van der Waals surface area contributed by atoms with Crippen LogP contribution in [0, 0.1) is 0 Å². The summed E-state index contributed by atoms with van der Waals surface area (Å²) < 4.78 is 21.2. The van der Waals surface area contributed by atoms with Crippen molar-refractivity contribution in [3.63, 3.8) is 0 Å². The van der Waals surface area contributed by atoms with E-state index in [0.29, 0.717) is 58.7 Å². The van der Waals surface area contributed by atoms with Crippen molar-refractivity contribution >= 4 is 5.78 Å². The van der Waals surface area contributed by atoms with E-state index in [2.05, 4.69) is 19.2 Å². The van der Waals surface area contributed by atoms with E-state index >= 15 is 0 Å². The summed E-state index contributed by atoms with van der Waals surface area (Å²) in [6.45, 7) is 15.0. The van der Waals surface area contributed by atoms with Crippen molar-refractivity contribution < 1.29 is 23.7 Å². The topological polar surface area (TPSA) is 66.0 Å². The Labute approximate surface area is 142 Å². The summed E-state index contributed by atoms with van der Waals surface area (Å²) in [7, 11) is 0. The number of hydrogen-bond donors (Lipinski definition) is 1. The molecule has 0 radical (unpaired) electrons. The van der Waals surface area contributed by atoms with E-state index in [9.17, 15) is 4.79 Å². The highest BCUT2D eigenvalue weighted by Crippen LogP contribution is 1.85. The van der Waals surface area contributed by atoms with Gasteiger partial charge in [-0.1, -0.05) is 34.6 Å². The summed E-state index contributed by atoms with van der Waals surface area (Å²) >= 11 is 0. The summed E-state index contributed by atoms with van der Waals surface area (Å²) in [6.07, 6.45) is 0.518. The fourth-order valence-corrected chi connectivity index (χ4v) is 1.37. The van der Waals surface area contributed by atoms with Gasteiger partial charge in [-0.3, -0.25) is 4.79 Å². The van der Waals surface area contributed by atoms with Crippen molar-refractivity contribution in [2.45, 2.75) is 47.1 Å². The van der Waals surface area contributed by atoms with Gasteiger partial charge in [0.1, 0.15) is 6.61 Å². The van der Waals surface area contributed by atoms with E-state index in [1.54, 1.807) is 0 Å². The van der Waals surface area contributed by atoms with Gasteiger partial charge in [0, 0.05) is 19.0 Å². The first-order valence-corrected chi connectivity index (χ1v) is 8.72. The fourth-order valence-electron chi connectivity index (χ4n) is 1.37. The molecular formula is C17H37NO5. The highest BCUT2D eigenvalue weighted by Gasteiger charge is 1.97. The molecule has 0 aliphatic heterocycles. The lowest BCUT2D eigenvalue weighted by molar-refractivity contribution is -0.123. The van der Waals surface area contributed by atoms with Crippen molar-refractivity contribution in [2.75, 3.05) is 59.4 Å². The zero-order chi connectivity index (χ0) is 17.8. The standard InChI is InChI=1S/C15H31NO5.C2H6/c1-4-15(17)13-21-12-11-20-10-9-19-8-7-18-6-5-16-14(2)3;1-2/h14,16H,4-13H2,1-3H3;1-2H3. The normalized spacial score (nSPS) is 10.5. The smallest absolute Gasteiger partial charge is 0.158 e. The van der Waals surface area contributed by atoms with Crippen LogP contribution < -0.4 is 5.32 Å². The average Bonchev–Trinajstić information content (AvgIpc) is 2.56. The van der Waals surface area contributed by atoms with Gasteiger partial charge in [0.05, 0.1) is 46.2 Å². The quantitative estimate of drug-likeness (QED) is 0.436. The van der Waals surface area contributed by atoms with Crippen LogP contribution in [-0.2, 0) is 23.7 Å². The minimum Gasteiger partial charge on any atom is -0.378 e. The van der Waals surface area contributed by atoms with Gasteiger partial charge in [-0.25, -0.2) is 0 Å². The zero-order valence-corrected chi connectivity index (χ0v) is 15.7. The molecule has 0 aromatic heterocycles. The van der Waals surface area contributed by atoms with Crippen LogP contribution in [-0.4, -0.2) is 71.2 Å². The van der Waals surface area contributed by atoms with Gasteiger partial charge >= 0.3 is 0 Å². The first-order valence-electron chi connectivity index (χ1n) is 8.72. The molecule has 0 spiro atoms. The molecule has 0 heterocycles. The largest absolute Gasteiger partial charge is 0.378 e. The van der Waals surface area contributed by atoms with Gasteiger partial charge < -0.3 is 24.3 Å². The number of ketones is 1. The van der Waals surface area contributed by atoms with E-state index in [0.717, 1.165) is 6.54 Å². The Bertz CT molecular complexity index is 237. The Morgan fingerprint density at radius 2 is 1.26 bits per heavy atom. The summed E-state index contributed by atoms with van der Waals surface area (Å²) in [6, 6.07) is 0.492. The molecule has 0 saturated carbocycles. The Morgan fingerprint density at radius 3 is 1.70 bits per heavy atom. The van der Waals surface area contributed by atoms with Gasteiger partial charge in [-0.2, -0.15) is 0 Å². The molecule has 0 saturated heterocycles. The maximum Gasteiger partial charge on any atom is 0.158 e. The number of ether oxygens (including phenoxy) is 4. The average molecular weight is 335 g/mol. The molecule has 0 atom stereocenters. The summed E-state index contributed by atoms with van der Waals surface area (Å²) in [5.74, 6) is 0.113. The Balaban J connectivity index is 0. The van der Waals surface area contributed by atoms with E-state index in [4.69, 9.17) is 18.9 Å². The zero-order valence-electron chi connectivity index (χ0n) is 15.7. The second-order valence-corrected chi connectivity index (χ2v) is 4.89. The Morgan fingerprint density at radius 1 is 0.826 bits per heavy atom. The molecule has 0 aromatic rings. The molecular weight excluding hydrogens is 298 g/mol. The lowest BCUT2D eigenvalue weighted by Gasteiger charge is -2.09. The highest BCUT2D eigenvalue weighted by molar-refractivity contribution is 5.79. The number of Topliss-reactive ketones (excluding diaryl/α,β-unsaturated/α-hetero) is 1. The molecule has 6 nitrogen and oxygen atoms in total. The van der Waals surface area contributed by atoms with Gasteiger partial charge in [-0.05, 0) is 0 Å². The third-order valence-electron chi connectivity index (χ3n) is 2.57. The maximum atomic E-state index is 10.9. The van der Waals surface area contributed by atoms with Gasteiger partial charge in [-0.15, -0.1) is 0 Å². The molecule has 0 aromatic carbocycles. The molecule has 0 fully saturated rings. The van der Waals surface area contributed by atoms with E-state index in [1.165, 1.54) is 0 Å². The number of nitrogens with one attached hydrogen (secondary N) is 1. The summed E-state index contributed by atoms with van der Waals surface area (Å²) in [4.78, 5) is 10.9. The van der Waals surface area contributed by atoms with Gasteiger partial charge in [0.2, 0.25) is 0 Å². The Hall–Kier alpha value is -0.530. The molecule has 0 rings (SSSR count). The Kier molecular flexibility index (Phi) is 23.1. The second kappa shape index (κ2) is 21.5. The first-order chi connectivity index (χ1) is 11.2. The number of hydrogen-bond acceptors (Lipinski definition) is 6. The van der Waals surface area contributed by atoms with Crippen LogP contribution in [0.25, 0.3) is 0 Å². The van der Waals surface area contributed by atoms with Crippen LogP contribution in [0.4, 0.5) is 0 Å². The predicted octanol–water partition coefficient (Wildman–Crippen LogP) is 2.06. The molecule has 140 valence electrons. The second-order valence-electron chi connectivity index (χ2n) is 4.89. The molecule has 0 bridgehead atoms. The third-order valence-corrected chi connectivity index (χ3v) is 2.57. The van der Waals surface area contributed by atoms with E-state index < -0.39 is 0 Å². The molecule has 0 aliphatic carbocycles. The molecule has 0 aliphatic rings.